The van der Waals surface area contributed by atoms with E-state index in [4.69, 9.17) is 4.74 Å². The van der Waals surface area contributed by atoms with Crippen molar-refractivity contribution < 1.29 is 13.9 Å². The summed E-state index contributed by atoms with van der Waals surface area (Å²) >= 11 is 0. The summed E-state index contributed by atoms with van der Waals surface area (Å²) in [5.74, 6) is 1.03. The van der Waals surface area contributed by atoms with Gasteiger partial charge < -0.3 is 4.74 Å². The molecule has 0 N–H and O–H groups in total. The Hall–Kier alpha value is -2.75. The van der Waals surface area contributed by atoms with Gasteiger partial charge in [-0.3, -0.25) is 0 Å². The molecule has 4 heteroatoms. The minimum Gasteiger partial charge on any atom is -0.402 e. The van der Waals surface area contributed by atoms with E-state index in [0.717, 1.165) is 11.5 Å². The summed E-state index contributed by atoms with van der Waals surface area (Å²) in [6.45, 7) is 2.28. The van der Waals surface area contributed by atoms with Gasteiger partial charge in [-0.1, -0.05) is 37.6 Å². The van der Waals surface area contributed by atoms with E-state index in [-0.39, 0.29) is 11.5 Å². The Morgan fingerprint density at radius 1 is 1.04 bits per heavy atom. The monoisotopic (exact) mass is 377 g/mol. The number of esters is 1. The van der Waals surface area contributed by atoms with Gasteiger partial charge in [-0.2, -0.15) is 0 Å². The highest BCUT2D eigenvalue weighted by atomic mass is 19.1. The van der Waals surface area contributed by atoms with Gasteiger partial charge in [0.05, 0.1) is 0 Å². The number of carbonyl (C=O) groups is 1. The lowest BCUT2D eigenvalue weighted by molar-refractivity contribution is -0.129. The number of halogens is 1. The van der Waals surface area contributed by atoms with Crippen LogP contribution in [0.3, 0.4) is 0 Å². The third-order valence-electron chi connectivity index (χ3n) is 5.85. The van der Waals surface area contributed by atoms with E-state index in [9.17, 15) is 9.18 Å². The number of hydrogen-bond donors (Lipinski definition) is 0. The summed E-state index contributed by atoms with van der Waals surface area (Å²) in [5, 5.41) is 0. The summed E-state index contributed by atoms with van der Waals surface area (Å²) in [4.78, 5) is 16.5. The molecular formula is C24H24FNO2. The molecule has 0 unspecified atom stereocenters. The van der Waals surface area contributed by atoms with Crippen molar-refractivity contribution in [3.05, 3.63) is 76.7 Å². The Labute approximate surface area is 165 Å². The van der Waals surface area contributed by atoms with Crippen LogP contribution in [0, 0.1) is 11.7 Å². The Morgan fingerprint density at radius 3 is 2.36 bits per heavy atom. The Kier molecular flexibility index (Phi) is 5.38. The molecule has 4 rings (SSSR count). The number of carbonyl (C=O) groups excluding carboxylic acids is 1. The maximum absolute atomic E-state index is 13.0. The van der Waals surface area contributed by atoms with Gasteiger partial charge in [0.1, 0.15) is 5.82 Å². The first kappa shape index (κ1) is 18.6. The van der Waals surface area contributed by atoms with Crippen LogP contribution in [-0.4, -0.2) is 11.9 Å². The molecule has 3 nitrogen and oxygen atoms in total. The van der Waals surface area contributed by atoms with Gasteiger partial charge in [0, 0.05) is 5.56 Å². The smallest absolute Gasteiger partial charge is 0.363 e. The van der Waals surface area contributed by atoms with Crippen molar-refractivity contribution in [1.82, 2.24) is 0 Å². The molecule has 0 spiro atoms. The average molecular weight is 377 g/mol. The lowest BCUT2D eigenvalue weighted by Gasteiger charge is -2.28. The molecule has 2 aromatic carbocycles. The summed E-state index contributed by atoms with van der Waals surface area (Å²) in [7, 11) is 0. The molecular weight excluding hydrogens is 353 g/mol. The van der Waals surface area contributed by atoms with Gasteiger partial charge in [0.25, 0.3) is 0 Å². The maximum Gasteiger partial charge on any atom is 0.363 e. The zero-order valence-electron chi connectivity index (χ0n) is 16.0. The summed E-state index contributed by atoms with van der Waals surface area (Å²) in [6, 6.07) is 14.1. The molecule has 0 radical (unpaired) electrons. The van der Waals surface area contributed by atoms with Crippen LogP contribution in [0.4, 0.5) is 4.39 Å². The minimum atomic E-state index is -0.485. The molecule has 28 heavy (non-hydrogen) atoms. The Bertz CT molecular complexity index is 905. The number of benzene rings is 2. The summed E-state index contributed by atoms with van der Waals surface area (Å²) in [5.41, 5.74) is 3.08. The fraction of sp³-hybridized carbons (Fsp3) is 0.333. The van der Waals surface area contributed by atoms with Crippen molar-refractivity contribution in [2.75, 3.05) is 0 Å². The number of aliphatic imine (C=N–C) groups is 1. The lowest BCUT2D eigenvalue weighted by Crippen LogP contribution is -2.13. The third kappa shape index (κ3) is 4.06. The molecule has 0 saturated heterocycles. The standard InChI is InChI=1S/C24H24FNO2/c1-2-16-3-7-18(8-4-16)19-9-11-20(12-10-19)23-26-22(24(27)28-23)15-17-5-13-21(25)14-6-17/h5-6,9-16,18H,2-4,7-8H2,1H3. The van der Waals surface area contributed by atoms with Crippen LogP contribution in [0.1, 0.15) is 61.6 Å². The van der Waals surface area contributed by atoms with Gasteiger partial charge in [0.15, 0.2) is 5.70 Å². The van der Waals surface area contributed by atoms with Gasteiger partial charge in [-0.05, 0) is 79.0 Å². The van der Waals surface area contributed by atoms with Crippen LogP contribution < -0.4 is 0 Å². The molecule has 1 heterocycles. The molecule has 2 aliphatic rings. The first-order valence-electron chi connectivity index (χ1n) is 10.0. The van der Waals surface area contributed by atoms with E-state index in [0.29, 0.717) is 17.4 Å². The van der Waals surface area contributed by atoms with E-state index >= 15 is 0 Å². The van der Waals surface area contributed by atoms with E-state index in [1.165, 1.54) is 49.8 Å². The fourth-order valence-electron chi connectivity index (χ4n) is 4.05. The predicted molar refractivity (Wildman–Crippen MR) is 108 cm³/mol. The molecule has 1 fully saturated rings. The normalized spacial score (nSPS) is 23.6. The number of hydrogen-bond acceptors (Lipinski definition) is 3. The highest BCUT2D eigenvalue weighted by Crippen LogP contribution is 2.37. The number of ether oxygens (including phenoxy) is 1. The van der Waals surface area contributed by atoms with Crippen molar-refractivity contribution in [2.24, 2.45) is 10.9 Å². The quantitative estimate of drug-likeness (QED) is 0.495. The lowest BCUT2D eigenvalue weighted by atomic mass is 9.78. The van der Waals surface area contributed by atoms with Crippen molar-refractivity contribution in [1.29, 1.82) is 0 Å². The predicted octanol–water partition coefficient (Wildman–Crippen LogP) is 5.85. The second-order valence-corrected chi connectivity index (χ2v) is 7.64. The van der Waals surface area contributed by atoms with Crippen molar-refractivity contribution >= 4 is 17.9 Å². The van der Waals surface area contributed by atoms with Gasteiger partial charge in [-0.15, -0.1) is 0 Å². The van der Waals surface area contributed by atoms with Crippen LogP contribution in [0.25, 0.3) is 6.08 Å². The molecule has 0 amide bonds. The number of nitrogens with zero attached hydrogens (tertiary/aromatic N) is 1. The van der Waals surface area contributed by atoms with Crippen LogP contribution in [-0.2, 0) is 9.53 Å². The Morgan fingerprint density at radius 2 is 1.71 bits per heavy atom. The molecule has 1 saturated carbocycles. The molecule has 2 aromatic rings. The fourth-order valence-corrected chi connectivity index (χ4v) is 4.05. The molecule has 0 atom stereocenters. The molecule has 144 valence electrons. The van der Waals surface area contributed by atoms with Gasteiger partial charge in [0.2, 0.25) is 5.90 Å². The van der Waals surface area contributed by atoms with Crippen molar-refractivity contribution in [3.63, 3.8) is 0 Å². The van der Waals surface area contributed by atoms with Crippen LogP contribution in [0.15, 0.2) is 59.2 Å². The topological polar surface area (TPSA) is 38.7 Å². The van der Waals surface area contributed by atoms with E-state index in [2.05, 4.69) is 24.0 Å². The zero-order chi connectivity index (χ0) is 19.5. The SMILES string of the molecule is CCC1CCC(c2ccc(C3=NC(=Cc4ccc(F)cc4)C(=O)O3)cc2)CC1. The summed E-state index contributed by atoms with van der Waals surface area (Å²) < 4.78 is 18.4. The molecule has 0 bridgehead atoms. The second kappa shape index (κ2) is 8.09. The third-order valence-corrected chi connectivity index (χ3v) is 5.85. The van der Waals surface area contributed by atoms with Gasteiger partial charge >= 0.3 is 5.97 Å². The summed E-state index contributed by atoms with van der Waals surface area (Å²) in [6.07, 6.45) is 8.01. The molecule has 1 aliphatic heterocycles. The Balaban J connectivity index is 1.48. The van der Waals surface area contributed by atoms with Gasteiger partial charge in [-0.25, -0.2) is 14.2 Å². The van der Waals surface area contributed by atoms with Crippen molar-refractivity contribution in [3.8, 4) is 0 Å². The van der Waals surface area contributed by atoms with Crippen LogP contribution in [0.2, 0.25) is 0 Å². The highest BCUT2D eigenvalue weighted by Gasteiger charge is 2.25. The second-order valence-electron chi connectivity index (χ2n) is 7.64. The first-order chi connectivity index (χ1) is 13.6. The molecule has 1 aliphatic carbocycles. The van der Waals surface area contributed by atoms with Crippen LogP contribution in [0.5, 0.6) is 0 Å². The first-order valence-corrected chi connectivity index (χ1v) is 10.0. The average Bonchev–Trinajstić information content (AvgIpc) is 3.10. The maximum atomic E-state index is 13.0. The number of rotatable bonds is 4. The zero-order valence-corrected chi connectivity index (χ0v) is 16.0. The van der Waals surface area contributed by atoms with E-state index < -0.39 is 5.97 Å². The molecule has 0 aromatic heterocycles. The minimum absolute atomic E-state index is 0.226. The van der Waals surface area contributed by atoms with E-state index in [1.54, 1.807) is 18.2 Å². The largest absolute Gasteiger partial charge is 0.402 e. The highest BCUT2D eigenvalue weighted by molar-refractivity contribution is 6.12. The van der Waals surface area contributed by atoms with Crippen LogP contribution >= 0.6 is 0 Å². The van der Waals surface area contributed by atoms with E-state index in [1.807, 2.05) is 12.1 Å². The van der Waals surface area contributed by atoms with Crippen molar-refractivity contribution in [2.45, 2.75) is 44.9 Å². The number of cyclic esters (lactones) is 1.